The van der Waals surface area contributed by atoms with E-state index in [4.69, 9.17) is 14.0 Å². The summed E-state index contributed by atoms with van der Waals surface area (Å²) in [5.41, 5.74) is 2.60. The van der Waals surface area contributed by atoms with Crippen LogP contribution >= 0.6 is 0 Å². The Labute approximate surface area is 168 Å². The lowest BCUT2D eigenvalue weighted by Crippen LogP contribution is -2.37. The number of nitrogens with one attached hydrogen (secondary N) is 1. The predicted molar refractivity (Wildman–Crippen MR) is 103 cm³/mol. The maximum absolute atomic E-state index is 10.3. The number of rotatable bonds is 7. The first-order valence-electron chi connectivity index (χ1n) is 9.55. The van der Waals surface area contributed by atoms with Gasteiger partial charge in [-0.2, -0.15) is 0 Å². The number of aliphatic hydroxyl groups excluding tert-OH is 1. The summed E-state index contributed by atoms with van der Waals surface area (Å²) in [4.78, 5) is 4.31. The minimum absolute atomic E-state index is 0.207. The Kier molecular flexibility index (Phi) is 6.09. The molecule has 9 nitrogen and oxygen atoms in total. The summed E-state index contributed by atoms with van der Waals surface area (Å²) in [5, 5.41) is 25.7. The molecule has 29 heavy (non-hydrogen) atoms. The zero-order valence-corrected chi connectivity index (χ0v) is 16.1. The van der Waals surface area contributed by atoms with Gasteiger partial charge in [0.15, 0.2) is 0 Å². The smallest absolute Gasteiger partial charge is 0.233 e. The van der Waals surface area contributed by atoms with Gasteiger partial charge in [-0.3, -0.25) is 10.3 Å². The largest absolute Gasteiger partial charge is 0.472 e. The van der Waals surface area contributed by atoms with E-state index in [0.717, 1.165) is 18.4 Å². The van der Waals surface area contributed by atoms with Gasteiger partial charge in [0.2, 0.25) is 5.88 Å². The quantitative estimate of drug-likeness (QED) is 0.579. The number of aryl methyl sites for hydroxylation is 1. The standard InChI is InChI=1S/C20H23N5O4/c1-13-15(19(25-29-13)16-4-2-3-9-21-16)12-28-18-6-5-17(23-24-18)20(26)22-14-7-10-27-11-8-14/h2-6,9,14,20,22,26H,7-8,10-12H2,1H3. The van der Waals surface area contributed by atoms with Gasteiger partial charge < -0.3 is 19.1 Å². The second-order valence-corrected chi connectivity index (χ2v) is 6.82. The second kappa shape index (κ2) is 9.08. The zero-order valence-electron chi connectivity index (χ0n) is 16.1. The molecular weight excluding hydrogens is 374 g/mol. The van der Waals surface area contributed by atoms with E-state index in [1.54, 1.807) is 18.3 Å². The molecule has 3 aromatic heterocycles. The van der Waals surface area contributed by atoms with Crippen LogP contribution in [0.25, 0.3) is 11.4 Å². The van der Waals surface area contributed by atoms with Crippen molar-refractivity contribution in [3.63, 3.8) is 0 Å². The minimum Gasteiger partial charge on any atom is -0.472 e. The maximum atomic E-state index is 10.3. The lowest BCUT2D eigenvalue weighted by Gasteiger charge is -2.25. The number of hydrogen-bond donors (Lipinski definition) is 2. The minimum atomic E-state index is -0.879. The molecule has 0 aromatic carbocycles. The number of pyridine rings is 1. The second-order valence-electron chi connectivity index (χ2n) is 6.82. The van der Waals surface area contributed by atoms with Gasteiger partial charge >= 0.3 is 0 Å². The lowest BCUT2D eigenvalue weighted by atomic mass is 10.1. The average molecular weight is 397 g/mol. The Morgan fingerprint density at radius 3 is 2.79 bits per heavy atom. The molecule has 0 spiro atoms. The van der Waals surface area contributed by atoms with Crippen LogP contribution in [0.1, 0.15) is 36.1 Å². The summed E-state index contributed by atoms with van der Waals surface area (Å²) in [6, 6.07) is 9.18. The third kappa shape index (κ3) is 4.76. The van der Waals surface area contributed by atoms with E-state index in [0.29, 0.717) is 41.9 Å². The van der Waals surface area contributed by atoms with Gasteiger partial charge in [0, 0.05) is 31.5 Å². The summed E-state index contributed by atoms with van der Waals surface area (Å²) >= 11 is 0. The Morgan fingerprint density at radius 2 is 2.07 bits per heavy atom. The first kappa shape index (κ1) is 19.4. The van der Waals surface area contributed by atoms with E-state index >= 15 is 0 Å². The Hall–Kier alpha value is -2.88. The Morgan fingerprint density at radius 1 is 1.21 bits per heavy atom. The fourth-order valence-corrected chi connectivity index (χ4v) is 3.14. The van der Waals surface area contributed by atoms with Crippen LogP contribution in [0.5, 0.6) is 5.88 Å². The van der Waals surface area contributed by atoms with Crippen molar-refractivity contribution < 1.29 is 19.1 Å². The third-order valence-electron chi connectivity index (χ3n) is 4.81. The molecule has 4 rings (SSSR count). The molecule has 0 bridgehead atoms. The molecule has 2 N–H and O–H groups in total. The Balaban J connectivity index is 1.38. The summed E-state index contributed by atoms with van der Waals surface area (Å²) < 4.78 is 16.4. The number of hydrogen-bond acceptors (Lipinski definition) is 9. The van der Waals surface area contributed by atoms with Crippen molar-refractivity contribution in [3.8, 4) is 17.3 Å². The molecule has 1 aliphatic rings. The van der Waals surface area contributed by atoms with E-state index in [2.05, 4.69) is 25.7 Å². The zero-order chi connectivity index (χ0) is 20.1. The van der Waals surface area contributed by atoms with E-state index in [-0.39, 0.29) is 12.6 Å². The molecule has 0 aliphatic carbocycles. The normalized spacial score (nSPS) is 15.9. The number of aliphatic hydroxyl groups is 1. The van der Waals surface area contributed by atoms with Crippen molar-refractivity contribution in [2.45, 2.75) is 38.6 Å². The van der Waals surface area contributed by atoms with Crippen LogP contribution < -0.4 is 10.1 Å². The van der Waals surface area contributed by atoms with E-state index < -0.39 is 6.23 Å². The van der Waals surface area contributed by atoms with Gasteiger partial charge in [-0.15, -0.1) is 10.2 Å². The van der Waals surface area contributed by atoms with E-state index in [1.807, 2.05) is 25.1 Å². The Bertz CT molecular complexity index is 910. The molecule has 1 saturated heterocycles. The molecule has 0 amide bonds. The topological polar surface area (TPSA) is 115 Å². The van der Waals surface area contributed by atoms with E-state index in [1.165, 1.54) is 0 Å². The number of aromatic nitrogens is 4. The fourth-order valence-electron chi connectivity index (χ4n) is 3.14. The molecule has 0 saturated carbocycles. The van der Waals surface area contributed by atoms with Crippen molar-refractivity contribution in [1.82, 2.24) is 25.7 Å². The summed E-state index contributed by atoms with van der Waals surface area (Å²) in [7, 11) is 0. The number of ether oxygens (including phenoxy) is 2. The molecule has 152 valence electrons. The predicted octanol–water partition coefficient (Wildman–Crippen LogP) is 2.17. The highest BCUT2D eigenvalue weighted by atomic mass is 16.5. The molecule has 4 heterocycles. The number of nitrogens with zero attached hydrogens (tertiary/aromatic N) is 4. The SMILES string of the molecule is Cc1onc(-c2ccccn2)c1COc1ccc(C(O)NC2CCOCC2)nn1. The van der Waals surface area contributed by atoms with Crippen LogP contribution in [0.3, 0.4) is 0 Å². The summed E-state index contributed by atoms with van der Waals surface area (Å²) in [6.45, 7) is 3.45. The van der Waals surface area contributed by atoms with Crippen molar-refractivity contribution in [2.24, 2.45) is 0 Å². The summed E-state index contributed by atoms with van der Waals surface area (Å²) in [6.07, 6.45) is 2.55. The monoisotopic (exact) mass is 397 g/mol. The van der Waals surface area contributed by atoms with Gasteiger partial charge in [0.05, 0.1) is 11.3 Å². The molecule has 0 radical (unpaired) electrons. The molecular formula is C20H23N5O4. The van der Waals surface area contributed by atoms with Crippen LogP contribution in [0.2, 0.25) is 0 Å². The van der Waals surface area contributed by atoms with Gasteiger partial charge in [0.1, 0.15) is 30.0 Å². The highest BCUT2D eigenvalue weighted by Gasteiger charge is 2.19. The van der Waals surface area contributed by atoms with Crippen LogP contribution in [-0.2, 0) is 11.3 Å². The van der Waals surface area contributed by atoms with Gasteiger partial charge in [-0.1, -0.05) is 11.2 Å². The van der Waals surface area contributed by atoms with Gasteiger partial charge in [0.25, 0.3) is 0 Å². The van der Waals surface area contributed by atoms with Crippen molar-refractivity contribution >= 4 is 0 Å². The van der Waals surface area contributed by atoms with Crippen LogP contribution in [0, 0.1) is 6.92 Å². The van der Waals surface area contributed by atoms with Gasteiger partial charge in [-0.25, -0.2) is 0 Å². The molecule has 1 fully saturated rings. The lowest BCUT2D eigenvalue weighted by molar-refractivity contribution is 0.0475. The van der Waals surface area contributed by atoms with Crippen LogP contribution in [0.4, 0.5) is 0 Å². The highest BCUT2D eigenvalue weighted by molar-refractivity contribution is 5.58. The van der Waals surface area contributed by atoms with E-state index in [9.17, 15) is 5.11 Å². The molecule has 9 heteroatoms. The van der Waals surface area contributed by atoms with Gasteiger partial charge in [-0.05, 0) is 38.0 Å². The first-order valence-corrected chi connectivity index (χ1v) is 9.55. The third-order valence-corrected chi connectivity index (χ3v) is 4.81. The van der Waals surface area contributed by atoms with Crippen molar-refractivity contribution in [1.29, 1.82) is 0 Å². The van der Waals surface area contributed by atoms with Crippen molar-refractivity contribution in [2.75, 3.05) is 13.2 Å². The average Bonchev–Trinajstić information content (AvgIpc) is 3.14. The van der Waals surface area contributed by atoms with Crippen molar-refractivity contribution in [3.05, 3.63) is 53.5 Å². The first-order chi connectivity index (χ1) is 14.2. The molecule has 1 aliphatic heterocycles. The van der Waals surface area contributed by atoms with Crippen LogP contribution in [-0.4, -0.2) is 44.7 Å². The molecule has 3 aromatic rings. The maximum Gasteiger partial charge on any atom is 0.233 e. The molecule has 1 atom stereocenters. The fraction of sp³-hybridized carbons (Fsp3) is 0.400. The summed E-state index contributed by atoms with van der Waals surface area (Å²) in [5.74, 6) is 1.01. The van der Waals surface area contributed by atoms with Crippen LogP contribution in [0.15, 0.2) is 41.1 Å². The molecule has 1 unspecified atom stereocenters. The highest BCUT2D eigenvalue weighted by Crippen LogP contribution is 2.24.